The quantitative estimate of drug-likeness (QED) is 0.0597. The molecule has 1 heterocycles. The summed E-state index contributed by atoms with van der Waals surface area (Å²) in [5.41, 5.74) is 2.90. The van der Waals surface area contributed by atoms with Crippen LogP contribution in [0.5, 0.6) is 0 Å². The highest BCUT2D eigenvalue weighted by Gasteiger charge is 2.40. The van der Waals surface area contributed by atoms with Crippen molar-refractivity contribution in [3.63, 3.8) is 0 Å². The molecule has 0 N–H and O–H groups in total. The molecule has 3 rings (SSSR count). The number of rotatable bonds is 27. The largest absolute Gasteiger partial charge is 0.244 e. The normalized spacial score (nSPS) is 13.6. The molecule has 1 aromatic heterocycles. The lowest BCUT2D eigenvalue weighted by atomic mass is 9.70. The minimum absolute atomic E-state index is 0.0105. The van der Waals surface area contributed by atoms with E-state index in [9.17, 15) is 0 Å². The molecule has 2 nitrogen and oxygen atoms in total. The Morgan fingerprint density at radius 3 is 1.58 bits per heavy atom. The summed E-state index contributed by atoms with van der Waals surface area (Å²) in [6.45, 7) is 8.27. The number of aromatic nitrogens is 2. The lowest BCUT2D eigenvalue weighted by Crippen LogP contribution is -2.38. The zero-order valence-corrected chi connectivity index (χ0v) is 29.7. The first-order valence-corrected chi connectivity index (χ1v) is 19.3. The number of nitrogens with zero attached hydrogens (tertiary/aromatic N) is 2. The van der Waals surface area contributed by atoms with E-state index in [1.165, 1.54) is 146 Å². The molecule has 250 valence electrons. The monoisotopic (exact) mass is 614 g/mol. The summed E-state index contributed by atoms with van der Waals surface area (Å²) in [6, 6.07) is 23.0. The van der Waals surface area contributed by atoms with E-state index >= 15 is 0 Å². The van der Waals surface area contributed by atoms with Crippen molar-refractivity contribution in [2.75, 3.05) is 0 Å². The second kappa shape index (κ2) is 23.0. The highest BCUT2D eigenvalue weighted by molar-refractivity contribution is 5.30. The molecular weight excluding hydrogens is 544 g/mol. The van der Waals surface area contributed by atoms with Crippen LogP contribution in [0.25, 0.3) is 0 Å². The molecular formula is C43H69N2+. The second-order valence-corrected chi connectivity index (χ2v) is 14.2. The van der Waals surface area contributed by atoms with Gasteiger partial charge in [-0.3, -0.25) is 0 Å². The van der Waals surface area contributed by atoms with Gasteiger partial charge in [-0.05, 0) is 43.2 Å². The summed E-state index contributed by atoms with van der Waals surface area (Å²) in [5.74, 6) is 0. The van der Waals surface area contributed by atoms with Crippen LogP contribution in [0.15, 0.2) is 79.4 Å². The molecule has 45 heavy (non-hydrogen) atoms. The molecule has 0 radical (unpaired) electrons. The zero-order valence-electron chi connectivity index (χ0n) is 29.7. The van der Waals surface area contributed by atoms with E-state index in [2.05, 4.69) is 109 Å². The van der Waals surface area contributed by atoms with E-state index in [1.54, 1.807) is 0 Å². The average Bonchev–Trinajstić information content (AvgIpc) is 3.53. The van der Waals surface area contributed by atoms with Crippen molar-refractivity contribution < 1.29 is 4.57 Å². The average molecular weight is 614 g/mol. The van der Waals surface area contributed by atoms with E-state index in [0.717, 1.165) is 13.0 Å². The lowest BCUT2D eigenvalue weighted by molar-refractivity contribution is -0.697. The topological polar surface area (TPSA) is 8.81 Å². The fourth-order valence-electron chi connectivity index (χ4n) is 7.38. The van der Waals surface area contributed by atoms with Gasteiger partial charge in [-0.2, -0.15) is 0 Å². The standard InChI is InChI=1S/C43H69N2/c1-4-6-8-10-12-14-15-16-17-19-21-29-35-44-36-37-45(39-44)42(34-28-20-18-13-11-9-7-5-2)43(3,41-32-26-23-27-33-41)38-40-30-24-22-25-31-40/h22-27,30-33,36-37,39,42H,4-21,28-29,34-35,38H2,1-3H3/q+1. The Balaban J connectivity index is 1.58. The van der Waals surface area contributed by atoms with Crippen molar-refractivity contribution >= 4 is 0 Å². The molecule has 3 aromatic rings. The summed E-state index contributed by atoms with van der Waals surface area (Å²) >= 11 is 0. The Hall–Kier alpha value is -2.35. The van der Waals surface area contributed by atoms with E-state index < -0.39 is 0 Å². The minimum Gasteiger partial charge on any atom is -0.237 e. The van der Waals surface area contributed by atoms with Gasteiger partial charge in [0.05, 0.1) is 6.54 Å². The Kier molecular flexibility index (Phi) is 19.0. The maximum atomic E-state index is 2.58. The van der Waals surface area contributed by atoms with Gasteiger partial charge in [-0.15, -0.1) is 0 Å². The molecule has 0 aliphatic rings. The van der Waals surface area contributed by atoms with Crippen LogP contribution in [0.2, 0.25) is 0 Å². The molecule has 0 fully saturated rings. The predicted octanol–water partition coefficient (Wildman–Crippen LogP) is 12.7. The molecule has 0 aliphatic carbocycles. The van der Waals surface area contributed by atoms with Gasteiger partial charge in [-0.25, -0.2) is 9.13 Å². The molecule has 0 aliphatic heterocycles. The zero-order chi connectivity index (χ0) is 31.8. The van der Waals surface area contributed by atoms with E-state index in [-0.39, 0.29) is 5.41 Å². The van der Waals surface area contributed by atoms with Crippen molar-refractivity contribution in [3.05, 3.63) is 90.5 Å². The van der Waals surface area contributed by atoms with E-state index in [0.29, 0.717) is 6.04 Å². The third-order valence-electron chi connectivity index (χ3n) is 10.3. The highest BCUT2D eigenvalue weighted by Crippen LogP contribution is 2.41. The third-order valence-corrected chi connectivity index (χ3v) is 10.3. The molecule has 2 atom stereocenters. The molecule has 0 bridgehead atoms. The fourth-order valence-corrected chi connectivity index (χ4v) is 7.38. The fraction of sp³-hybridized carbons (Fsp3) is 0.651. The van der Waals surface area contributed by atoms with Gasteiger partial charge in [-0.1, -0.05) is 191 Å². The SMILES string of the molecule is CCCCCCCCCCCCCC[n+]1ccn(C(CCCCCCCCCC)C(C)(Cc2ccccc2)c2ccccc2)c1. The summed E-state index contributed by atoms with van der Waals surface area (Å²) in [7, 11) is 0. The molecule has 2 heteroatoms. The molecule has 0 amide bonds. The van der Waals surface area contributed by atoms with Crippen molar-refractivity contribution in [1.29, 1.82) is 0 Å². The van der Waals surface area contributed by atoms with Crippen molar-refractivity contribution in [2.24, 2.45) is 0 Å². The van der Waals surface area contributed by atoms with Gasteiger partial charge in [0, 0.05) is 5.41 Å². The maximum absolute atomic E-state index is 2.58. The number of unbranched alkanes of at least 4 members (excludes halogenated alkanes) is 18. The van der Waals surface area contributed by atoms with Crippen LogP contribution in [-0.2, 0) is 18.4 Å². The second-order valence-electron chi connectivity index (χ2n) is 14.2. The third kappa shape index (κ3) is 14.3. The van der Waals surface area contributed by atoms with Gasteiger partial charge in [0.25, 0.3) is 0 Å². The van der Waals surface area contributed by atoms with Crippen LogP contribution in [0.4, 0.5) is 0 Å². The first-order valence-electron chi connectivity index (χ1n) is 19.3. The Morgan fingerprint density at radius 2 is 1.04 bits per heavy atom. The Bertz CT molecular complexity index is 1090. The number of imidazole rings is 1. The maximum Gasteiger partial charge on any atom is 0.244 e. The lowest BCUT2D eigenvalue weighted by Gasteiger charge is -2.37. The van der Waals surface area contributed by atoms with Crippen molar-refractivity contribution in [2.45, 2.75) is 180 Å². The number of aryl methyl sites for hydroxylation is 1. The van der Waals surface area contributed by atoms with Crippen molar-refractivity contribution in [3.8, 4) is 0 Å². The predicted molar refractivity (Wildman–Crippen MR) is 196 cm³/mol. The van der Waals surface area contributed by atoms with Crippen LogP contribution >= 0.6 is 0 Å². The highest BCUT2D eigenvalue weighted by atomic mass is 15.1. The van der Waals surface area contributed by atoms with Crippen LogP contribution in [0.1, 0.15) is 173 Å². The van der Waals surface area contributed by atoms with Crippen LogP contribution in [0, 0.1) is 0 Å². The number of hydrogen-bond donors (Lipinski definition) is 0. The first-order chi connectivity index (χ1) is 22.2. The van der Waals surface area contributed by atoms with Crippen LogP contribution in [-0.4, -0.2) is 4.57 Å². The van der Waals surface area contributed by atoms with Crippen LogP contribution < -0.4 is 4.57 Å². The molecule has 2 aromatic carbocycles. The Morgan fingerprint density at radius 1 is 0.578 bits per heavy atom. The summed E-state index contributed by atoms with van der Waals surface area (Å²) in [4.78, 5) is 0. The molecule has 2 unspecified atom stereocenters. The van der Waals surface area contributed by atoms with Crippen molar-refractivity contribution in [1.82, 2.24) is 4.57 Å². The number of hydrogen-bond acceptors (Lipinski definition) is 0. The summed E-state index contributed by atoms with van der Waals surface area (Å²) < 4.78 is 5.04. The number of benzene rings is 2. The van der Waals surface area contributed by atoms with E-state index in [1.807, 2.05) is 0 Å². The van der Waals surface area contributed by atoms with Gasteiger partial charge in [0.1, 0.15) is 18.4 Å². The van der Waals surface area contributed by atoms with Crippen LogP contribution in [0.3, 0.4) is 0 Å². The molecule has 0 spiro atoms. The summed E-state index contributed by atoms with van der Waals surface area (Å²) in [5, 5.41) is 0. The van der Waals surface area contributed by atoms with Gasteiger partial charge < -0.3 is 0 Å². The summed E-state index contributed by atoms with van der Waals surface area (Å²) in [6.07, 6.45) is 37.2. The minimum atomic E-state index is 0.0105. The van der Waals surface area contributed by atoms with Gasteiger partial charge in [0.15, 0.2) is 0 Å². The van der Waals surface area contributed by atoms with E-state index in [4.69, 9.17) is 0 Å². The Labute approximate surface area is 279 Å². The smallest absolute Gasteiger partial charge is 0.237 e. The van der Waals surface area contributed by atoms with Gasteiger partial charge >= 0.3 is 0 Å². The molecule has 0 saturated heterocycles. The van der Waals surface area contributed by atoms with Gasteiger partial charge in [0.2, 0.25) is 6.33 Å². The molecule has 0 saturated carbocycles. The first kappa shape index (κ1) is 37.1.